The van der Waals surface area contributed by atoms with Gasteiger partial charge in [-0.25, -0.2) is 10.0 Å². The second kappa shape index (κ2) is 12.3. The van der Waals surface area contributed by atoms with Crippen molar-refractivity contribution >= 4 is 35.0 Å². The summed E-state index contributed by atoms with van der Waals surface area (Å²) >= 11 is 0. The zero-order valence-electron chi connectivity index (χ0n) is 23.6. The number of carbonyl (C=O) groups excluding carboxylic acids is 2. The maximum Gasteiger partial charge on any atom is 0.275 e. The van der Waals surface area contributed by atoms with E-state index in [1.807, 2.05) is 45.0 Å². The van der Waals surface area contributed by atoms with E-state index in [1.54, 1.807) is 30.5 Å². The Kier molecular flexibility index (Phi) is 8.34. The molecule has 0 unspecified atom stereocenters. The van der Waals surface area contributed by atoms with Gasteiger partial charge in [0.25, 0.3) is 5.91 Å². The lowest BCUT2D eigenvalue weighted by molar-refractivity contribution is -0.123. The van der Waals surface area contributed by atoms with E-state index >= 15 is 0 Å². The van der Waals surface area contributed by atoms with E-state index in [2.05, 4.69) is 41.4 Å². The molecule has 5 rings (SSSR count). The molecule has 0 radical (unpaired) electrons. The highest BCUT2D eigenvalue weighted by molar-refractivity contribution is 6.01. The van der Waals surface area contributed by atoms with Crippen molar-refractivity contribution in [1.29, 1.82) is 0 Å². The van der Waals surface area contributed by atoms with Gasteiger partial charge in [0, 0.05) is 28.9 Å². The van der Waals surface area contributed by atoms with E-state index in [-0.39, 0.29) is 18.5 Å². The van der Waals surface area contributed by atoms with Crippen molar-refractivity contribution < 1.29 is 14.3 Å². The smallest absolute Gasteiger partial charge is 0.275 e. The first-order chi connectivity index (χ1) is 19.8. The summed E-state index contributed by atoms with van der Waals surface area (Å²) in [7, 11) is 0. The normalized spacial score (nSPS) is 15.5. The molecule has 0 aliphatic carbocycles. The number of ether oxygens (including phenoxy) is 1. The Bertz CT molecular complexity index is 1350. The van der Waals surface area contributed by atoms with Gasteiger partial charge in [-0.05, 0) is 74.5 Å². The number of carbonyl (C=O) groups is 2. The van der Waals surface area contributed by atoms with E-state index in [0.717, 1.165) is 31.1 Å². The molecule has 1 fully saturated rings. The number of benzene rings is 2. The van der Waals surface area contributed by atoms with Gasteiger partial charge in [0.05, 0.1) is 6.20 Å². The summed E-state index contributed by atoms with van der Waals surface area (Å²) in [5, 5.41) is 19.4. The monoisotopic (exact) mass is 560 g/mol. The number of rotatable bonds is 9. The zero-order chi connectivity index (χ0) is 28.8. The van der Waals surface area contributed by atoms with E-state index in [9.17, 15) is 9.59 Å². The first kappa shape index (κ1) is 27.9. The summed E-state index contributed by atoms with van der Waals surface area (Å²) in [4.78, 5) is 32.8. The zero-order valence-corrected chi connectivity index (χ0v) is 23.6. The molecule has 0 atom stereocenters. The van der Waals surface area contributed by atoms with E-state index < -0.39 is 5.41 Å². The van der Waals surface area contributed by atoms with Crippen LogP contribution in [0, 0.1) is 5.41 Å². The molecule has 41 heavy (non-hydrogen) atoms. The third-order valence-corrected chi connectivity index (χ3v) is 6.72. The van der Waals surface area contributed by atoms with E-state index in [4.69, 9.17) is 4.74 Å². The van der Waals surface area contributed by atoms with Crippen molar-refractivity contribution in [3.05, 3.63) is 60.3 Å². The third-order valence-electron chi connectivity index (χ3n) is 6.72. The lowest BCUT2D eigenvalue weighted by Crippen LogP contribution is -2.50. The fourth-order valence-corrected chi connectivity index (χ4v) is 4.33. The first-order valence-corrected chi connectivity index (χ1v) is 13.7. The van der Waals surface area contributed by atoms with Gasteiger partial charge in [-0.15, -0.1) is 5.10 Å². The third kappa shape index (κ3) is 7.11. The number of aliphatic imine (C=N–C) groups is 1. The number of nitrogens with one attached hydrogen (secondary N) is 4. The number of hydrazine groups is 2. The molecule has 13 heteroatoms. The quantitative estimate of drug-likeness (QED) is 0.310. The second-order valence-electron chi connectivity index (χ2n) is 10.9. The highest BCUT2D eigenvalue weighted by Gasteiger charge is 2.32. The standard InChI is InChI=1S/C28H36N10O3/c1-28(2,3)26(40)31-21-8-6-20(7-9-21)25(39)37-19-29-27(38(37)34-24-18-30-35-33-24)32-22-10-12-23(13-11-22)41-17-16-36-14-4-5-15-36/h6-13,18H,4-5,14-17,19H2,1-3H3,(H,29,32)(H,31,40)(H2,30,33,34,35). The summed E-state index contributed by atoms with van der Waals surface area (Å²) < 4.78 is 5.91. The van der Waals surface area contributed by atoms with Gasteiger partial charge in [0.15, 0.2) is 5.82 Å². The Labute approximate surface area is 238 Å². The minimum absolute atomic E-state index is 0.0756. The van der Waals surface area contributed by atoms with Crippen molar-refractivity contribution in [2.45, 2.75) is 33.6 Å². The van der Waals surface area contributed by atoms with Crippen LogP contribution in [-0.2, 0) is 4.79 Å². The molecule has 3 heterocycles. The van der Waals surface area contributed by atoms with E-state index in [1.165, 1.54) is 23.0 Å². The molecule has 2 amide bonds. The predicted octanol–water partition coefficient (Wildman–Crippen LogP) is 3.39. The average Bonchev–Trinajstić information content (AvgIpc) is 3.74. The van der Waals surface area contributed by atoms with Crippen LogP contribution in [0.3, 0.4) is 0 Å². The molecule has 4 N–H and O–H groups in total. The predicted molar refractivity (Wildman–Crippen MR) is 156 cm³/mol. The molecule has 216 valence electrons. The largest absolute Gasteiger partial charge is 0.492 e. The molecule has 2 aromatic carbocycles. The summed E-state index contributed by atoms with van der Waals surface area (Å²) in [6.45, 7) is 9.47. The number of hydrogen-bond donors (Lipinski definition) is 4. The van der Waals surface area contributed by atoms with Crippen LogP contribution in [0.25, 0.3) is 0 Å². The molecule has 0 saturated carbocycles. The fourth-order valence-electron chi connectivity index (χ4n) is 4.33. The number of aromatic amines is 1. The van der Waals surface area contributed by atoms with Crippen LogP contribution in [0.5, 0.6) is 5.75 Å². The van der Waals surface area contributed by atoms with Gasteiger partial charge < -0.3 is 15.4 Å². The minimum Gasteiger partial charge on any atom is -0.492 e. The highest BCUT2D eigenvalue weighted by Crippen LogP contribution is 2.22. The Morgan fingerprint density at radius 2 is 1.71 bits per heavy atom. The first-order valence-electron chi connectivity index (χ1n) is 13.7. The van der Waals surface area contributed by atoms with Crippen molar-refractivity contribution in [3.63, 3.8) is 0 Å². The van der Waals surface area contributed by atoms with Gasteiger partial charge in [-0.3, -0.25) is 25.0 Å². The Balaban J connectivity index is 1.23. The highest BCUT2D eigenvalue weighted by atomic mass is 16.5. The average molecular weight is 561 g/mol. The summed E-state index contributed by atoms with van der Waals surface area (Å²) in [5.41, 5.74) is 4.35. The van der Waals surface area contributed by atoms with Crippen LogP contribution in [-0.4, -0.2) is 81.1 Å². The number of H-pyrrole nitrogens is 1. The number of aromatic nitrogens is 3. The van der Waals surface area contributed by atoms with Crippen LogP contribution in [0.15, 0.2) is 59.7 Å². The molecule has 13 nitrogen and oxygen atoms in total. The number of guanidine groups is 1. The van der Waals surface area contributed by atoms with Crippen LogP contribution < -0.4 is 20.8 Å². The molecule has 1 aromatic heterocycles. The molecule has 3 aromatic rings. The van der Waals surface area contributed by atoms with Crippen molar-refractivity contribution in [1.82, 2.24) is 30.4 Å². The van der Waals surface area contributed by atoms with E-state index in [0.29, 0.717) is 29.6 Å². The topological polar surface area (TPSA) is 143 Å². The number of amides is 2. The summed E-state index contributed by atoms with van der Waals surface area (Å²) in [5.74, 6) is 1.20. The summed E-state index contributed by atoms with van der Waals surface area (Å²) in [6, 6.07) is 14.4. The Morgan fingerprint density at radius 3 is 2.37 bits per heavy atom. The fraction of sp³-hybridized carbons (Fsp3) is 0.393. The molecule has 2 aliphatic heterocycles. The van der Waals surface area contributed by atoms with Crippen molar-refractivity contribution in [2.75, 3.05) is 49.0 Å². The van der Waals surface area contributed by atoms with Gasteiger partial charge in [-0.2, -0.15) is 5.12 Å². The van der Waals surface area contributed by atoms with Gasteiger partial charge >= 0.3 is 0 Å². The second-order valence-corrected chi connectivity index (χ2v) is 10.9. The van der Waals surface area contributed by atoms with Crippen molar-refractivity contribution in [3.8, 4) is 5.75 Å². The molecular weight excluding hydrogens is 524 g/mol. The van der Waals surface area contributed by atoms with Crippen LogP contribution in [0.2, 0.25) is 0 Å². The number of likely N-dealkylation sites (tertiary alicyclic amines) is 1. The molecule has 0 spiro atoms. The van der Waals surface area contributed by atoms with Crippen LogP contribution in [0.1, 0.15) is 44.0 Å². The molecule has 0 bridgehead atoms. The molecule has 2 aliphatic rings. The maximum absolute atomic E-state index is 13.5. The van der Waals surface area contributed by atoms with Gasteiger partial charge in [0.2, 0.25) is 11.9 Å². The lowest BCUT2D eigenvalue weighted by atomic mass is 9.95. The number of hydrogen-bond acceptors (Lipinski definition) is 10. The maximum atomic E-state index is 13.5. The molecule has 1 saturated heterocycles. The van der Waals surface area contributed by atoms with Crippen LogP contribution in [0.4, 0.5) is 17.2 Å². The van der Waals surface area contributed by atoms with Gasteiger partial charge in [-0.1, -0.05) is 26.0 Å². The minimum atomic E-state index is -0.529. The molecular formula is C28H36N10O3. The lowest BCUT2D eigenvalue weighted by Gasteiger charge is -2.30. The van der Waals surface area contributed by atoms with Gasteiger partial charge in [0.1, 0.15) is 19.0 Å². The SMILES string of the molecule is CC(C)(C)C(=O)Nc1ccc(C(=O)N2CN=C(Nc3ccc(OCCN4CCCC4)cc3)N2Nc2c[nH]nn2)cc1. The Morgan fingerprint density at radius 1 is 1.00 bits per heavy atom. The Hall–Kier alpha value is -4.65. The summed E-state index contributed by atoms with van der Waals surface area (Å²) in [6.07, 6.45) is 4.10. The number of anilines is 3. The number of nitrogens with zero attached hydrogens (tertiary/aromatic N) is 6. The van der Waals surface area contributed by atoms with Crippen LogP contribution >= 0.6 is 0 Å². The van der Waals surface area contributed by atoms with Crippen molar-refractivity contribution in [2.24, 2.45) is 10.4 Å².